The lowest BCUT2D eigenvalue weighted by atomic mass is 9.76. The average Bonchev–Trinajstić information content (AvgIpc) is 3.41. The lowest BCUT2D eigenvalue weighted by Crippen LogP contribution is -2.46. The number of fused-ring (bicyclic) bond motifs is 1. The fourth-order valence-electron chi connectivity index (χ4n) is 5.22. The minimum absolute atomic E-state index is 0.00294. The summed E-state index contributed by atoms with van der Waals surface area (Å²) in [5.74, 6) is 0.474. The third-order valence-corrected chi connectivity index (χ3v) is 7.22. The lowest BCUT2D eigenvalue weighted by Gasteiger charge is -2.33. The maximum Gasteiger partial charge on any atom is 0.406 e. The zero-order chi connectivity index (χ0) is 26.3. The summed E-state index contributed by atoms with van der Waals surface area (Å²) < 4.78 is 61.7. The molecule has 2 N–H and O–H groups in total. The third-order valence-electron chi connectivity index (χ3n) is 7.22. The van der Waals surface area contributed by atoms with E-state index in [-0.39, 0.29) is 42.3 Å². The first-order valence-corrected chi connectivity index (χ1v) is 12.5. The summed E-state index contributed by atoms with van der Waals surface area (Å²) in [4.78, 5) is 18.4. The summed E-state index contributed by atoms with van der Waals surface area (Å²) in [5, 5.41) is 10.4. The number of benzene rings is 1. The van der Waals surface area contributed by atoms with E-state index < -0.39 is 24.9 Å². The number of anilines is 1. The van der Waals surface area contributed by atoms with E-state index in [1.807, 2.05) is 11.9 Å². The quantitative estimate of drug-likeness (QED) is 0.448. The number of aromatic nitrogens is 3. The van der Waals surface area contributed by atoms with Gasteiger partial charge in [-0.2, -0.15) is 18.2 Å². The zero-order valence-corrected chi connectivity index (χ0v) is 20.7. The molecular formula is C25H30F4N6O2. The summed E-state index contributed by atoms with van der Waals surface area (Å²) in [7, 11) is 1.85. The minimum Gasteiger partial charge on any atom is -0.379 e. The van der Waals surface area contributed by atoms with Gasteiger partial charge in [-0.1, -0.05) is 18.1 Å². The van der Waals surface area contributed by atoms with Crippen molar-refractivity contribution in [1.82, 2.24) is 24.9 Å². The van der Waals surface area contributed by atoms with Gasteiger partial charge in [-0.3, -0.25) is 4.79 Å². The van der Waals surface area contributed by atoms with Crippen molar-refractivity contribution in [2.75, 3.05) is 25.5 Å². The van der Waals surface area contributed by atoms with Crippen molar-refractivity contribution in [2.45, 2.75) is 57.7 Å². The van der Waals surface area contributed by atoms with E-state index in [1.54, 1.807) is 24.3 Å². The normalized spacial score (nSPS) is 24.7. The van der Waals surface area contributed by atoms with Crippen molar-refractivity contribution >= 4 is 22.5 Å². The van der Waals surface area contributed by atoms with Gasteiger partial charge in [-0.25, -0.2) is 4.39 Å². The van der Waals surface area contributed by atoms with Crippen molar-refractivity contribution < 1.29 is 26.9 Å². The van der Waals surface area contributed by atoms with Crippen LogP contribution in [0.4, 0.5) is 23.2 Å². The van der Waals surface area contributed by atoms with Crippen LogP contribution in [0.25, 0.3) is 22.4 Å². The van der Waals surface area contributed by atoms with Crippen LogP contribution in [0.1, 0.15) is 32.1 Å². The highest BCUT2D eigenvalue weighted by atomic mass is 19.4. The molecule has 37 heavy (non-hydrogen) atoms. The van der Waals surface area contributed by atoms with E-state index in [2.05, 4.69) is 27.7 Å². The summed E-state index contributed by atoms with van der Waals surface area (Å²) in [6, 6.07) is 6.07. The molecule has 12 heteroatoms. The largest absolute Gasteiger partial charge is 0.406 e. The zero-order valence-electron chi connectivity index (χ0n) is 20.7. The molecule has 1 aliphatic carbocycles. The van der Waals surface area contributed by atoms with Gasteiger partial charge in [-0.15, -0.1) is 0 Å². The number of amides is 1. The SMILES string of the molecule is CC1CC(C(=O)NCc2nc(-c3cc4c(N[C@@H]5CCN(C)C[C@@H]5F)cccc4n3CC(F)(F)F)no2)C1. The Kier molecular flexibility index (Phi) is 6.86. The highest BCUT2D eigenvalue weighted by molar-refractivity contribution is 5.96. The molecule has 3 heterocycles. The molecule has 3 aromatic rings. The Bertz CT molecular complexity index is 1270. The molecule has 0 spiro atoms. The van der Waals surface area contributed by atoms with E-state index >= 15 is 0 Å². The first kappa shape index (κ1) is 25.5. The van der Waals surface area contributed by atoms with Crippen molar-refractivity contribution in [3.8, 4) is 11.5 Å². The number of likely N-dealkylation sites (tertiary alicyclic amines) is 1. The fourth-order valence-corrected chi connectivity index (χ4v) is 5.22. The molecule has 0 bridgehead atoms. The van der Waals surface area contributed by atoms with Crippen LogP contribution >= 0.6 is 0 Å². The third kappa shape index (κ3) is 5.58. The molecule has 2 fully saturated rings. The molecule has 200 valence electrons. The van der Waals surface area contributed by atoms with Gasteiger partial charge < -0.3 is 24.6 Å². The topological polar surface area (TPSA) is 88.2 Å². The highest BCUT2D eigenvalue weighted by Crippen LogP contribution is 2.35. The van der Waals surface area contributed by atoms with Gasteiger partial charge in [0.05, 0.1) is 23.8 Å². The predicted octanol–water partition coefficient (Wildman–Crippen LogP) is 4.37. The number of carbonyl (C=O) groups is 1. The van der Waals surface area contributed by atoms with Crippen LogP contribution in [0.2, 0.25) is 0 Å². The summed E-state index contributed by atoms with van der Waals surface area (Å²) in [5.41, 5.74) is 0.984. The van der Waals surface area contributed by atoms with Crippen molar-refractivity contribution in [3.63, 3.8) is 0 Å². The van der Waals surface area contributed by atoms with Crippen LogP contribution in [-0.2, 0) is 17.9 Å². The summed E-state index contributed by atoms with van der Waals surface area (Å²) in [6.07, 6.45) is -3.37. The van der Waals surface area contributed by atoms with E-state index in [9.17, 15) is 22.4 Å². The number of nitrogens with one attached hydrogen (secondary N) is 2. The standard InChI is InChI=1S/C25H30F4N6O2/c1-14-8-15(9-14)24(36)30-11-22-32-23(33-37-22)21-10-16-18(31-19-6-7-34(2)12-17(19)26)4-3-5-20(16)35(21)13-25(27,28)29/h3-5,10,14-15,17,19,31H,6-9,11-13H2,1-2H3,(H,30,36)/t14?,15?,17-,19+/m0/s1. The maximum atomic E-state index is 14.7. The molecule has 1 saturated heterocycles. The van der Waals surface area contributed by atoms with Gasteiger partial charge in [0.25, 0.3) is 0 Å². The predicted molar refractivity (Wildman–Crippen MR) is 129 cm³/mol. The second-order valence-electron chi connectivity index (χ2n) is 10.3. The molecule has 2 aliphatic rings. The Morgan fingerprint density at radius 1 is 1.27 bits per heavy atom. The monoisotopic (exact) mass is 522 g/mol. The Labute approximate surface area is 211 Å². The van der Waals surface area contributed by atoms with Crippen molar-refractivity contribution in [3.05, 3.63) is 30.2 Å². The molecule has 8 nitrogen and oxygen atoms in total. The van der Waals surface area contributed by atoms with Gasteiger partial charge in [0.15, 0.2) is 0 Å². The summed E-state index contributed by atoms with van der Waals surface area (Å²) >= 11 is 0. The number of rotatable bonds is 7. The number of alkyl halides is 4. The number of nitrogens with zero attached hydrogens (tertiary/aromatic N) is 4. The number of piperidine rings is 1. The first-order valence-electron chi connectivity index (χ1n) is 12.5. The Balaban J connectivity index is 1.42. The molecule has 1 amide bonds. The Morgan fingerprint density at radius 2 is 2.05 bits per heavy atom. The lowest BCUT2D eigenvalue weighted by molar-refractivity contribution is -0.139. The number of hydrogen-bond donors (Lipinski definition) is 2. The van der Waals surface area contributed by atoms with Crippen LogP contribution in [0.5, 0.6) is 0 Å². The number of carbonyl (C=O) groups excluding carboxylic acids is 1. The van der Waals surface area contributed by atoms with Crippen LogP contribution in [0.3, 0.4) is 0 Å². The van der Waals surface area contributed by atoms with E-state index in [0.29, 0.717) is 28.9 Å². The van der Waals surface area contributed by atoms with E-state index in [1.165, 1.54) is 0 Å². The summed E-state index contributed by atoms with van der Waals surface area (Å²) in [6.45, 7) is 1.83. The molecule has 1 aliphatic heterocycles. The second-order valence-corrected chi connectivity index (χ2v) is 10.3. The molecule has 1 aromatic carbocycles. The van der Waals surface area contributed by atoms with Gasteiger partial charge in [-0.05, 0) is 50.4 Å². The average molecular weight is 523 g/mol. The van der Waals surface area contributed by atoms with Gasteiger partial charge >= 0.3 is 6.18 Å². The molecular weight excluding hydrogens is 492 g/mol. The Hall–Kier alpha value is -3.15. The fraction of sp³-hybridized carbons (Fsp3) is 0.560. The number of hydrogen-bond acceptors (Lipinski definition) is 6. The maximum absolute atomic E-state index is 14.7. The van der Waals surface area contributed by atoms with E-state index in [0.717, 1.165) is 24.0 Å². The van der Waals surface area contributed by atoms with Crippen LogP contribution < -0.4 is 10.6 Å². The molecule has 1 saturated carbocycles. The molecule has 2 aromatic heterocycles. The molecule has 2 atom stereocenters. The van der Waals surface area contributed by atoms with Crippen LogP contribution in [-0.4, -0.2) is 64.0 Å². The van der Waals surface area contributed by atoms with Gasteiger partial charge in [0.1, 0.15) is 12.7 Å². The number of halogens is 4. The van der Waals surface area contributed by atoms with Gasteiger partial charge in [0, 0.05) is 30.1 Å². The van der Waals surface area contributed by atoms with E-state index in [4.69, 9.17) is 4.52 Å². The van der Waals surface area contributed by atoms with Crippen molar-refractivity contribution in [2.24, 2.45) is 11.8 Å². The first-order chi connectivity index (χ1) is 17.6. The van der Waals surface area contributed by atoms with Gasteiger partial charge in [0.2, 0.25) is 17.6 Å². The smallest absolute Gasteiger partial charge is 0.379 e. The molecule has 0 radical (unpaired) electrons. The van der Waals surface area contributed by atoms with Crippen molar-refractivity contribution in [1.29, 1.82) is 0 Å². The second kappa shape index (κ2) is 9.96. The van der Waals surface area contributed by atoms with Crippen LogP contribution in [0.15, 0.2) is 28.8 Å². The molecule has 5 rings (SSSR count). The highest BCUT2D eigenvalue weighted by Gasteiger charge is 2.33. The van der Waals surface area contributed by atoms with Crippen LogP contribution in [0, 0.1) is 11.8 Å². The minimum atomic E-state index is -4.50. The molecule has 0 unspecified atom stereocenters. The Morgan fingerprint density at radius 3 is 2.76 bits per heavy atom.